The lowest BCUT2D eigenvalue weighted by molar-refractivity contribution is 0.0683. The van der Waals surface area contributed by atoms with Crippen molar-refractivity contribution in [3.05, 3.63) is 23.5 Å². The van der Waals surface area contributed by atoms with Gasteiger partial charge in [-0.05, 0) is 44.7 Å². The zero-order valence-corrected chi connectivity index (χ0v) is 11.1. The normalized spacial score (nSPS) is 18.5. The van der Waals surface area contributed by atoms with E-state index in [1.165, 1.54) is 0 Å². The number of rotatable bonds is 6. The van der Waals surface area contributed by atoms with Gasteiger partial charge in [0.15, 0.2) is 11.4 Å². The molecule has 1 aliphatic heterocycles. The van der Waals surface area contributed by atoms with Crippen LogP contribution < -0.4 is 4.74 Å². The number of aryl methyl sites for hydroxylation is 1. The number of carboxylic acids is 1. The van der Waals surface area contributed by atoms with Crippen molar-refractivity contribution in [3.8, 4) is 5.75 Å². The molecule has 5 heteroatoms. The van der Waals surface area contributed by atoms with Gasteiger partial charge >= 0.3 is 5.97 Å². The first-order valence-corrected chi connectivity index (χ1v) is 6.62. The lowest BCUT2D eigenvalue weighted by Gasteiger charge is -2.11. The fourth-order valence-corrected chi connectivity index (χ4v) is 2.18. The standard InChI is InChI=1S/C14H19NO4/c1-10-6-7-12(13(15-10)14(16)17)19-9-3-5-11-4-2-8-18-11/h6-7,11H,2-5,8-9H2,1H3,(H,16,17). The van der Waals surface area contributed by atoms with E-state index in [9.17, 15) is 4.79 Å². The smallest absolute Gasteiger partial charge is 0.358 e. The molecular formula is C14H19NO4. The number of pyridine rings is 1. The molecule has 0 saturated carbocycles. The van der Waals surface area contributed by atoms with Crippen molar-refractivity contribution in [1.29, 1.82) is 0 Å². The lowest BCUT2D eigenvalue weighted by atomic mass is 10.1. The Hall–Kier alpha value is -1.62. The van der Waals surface area contributed by atoms with Crippen molar-refractivity contribution in [2.45, 2.75) is 38.7 Å². The first kappa shape index (κ1) is 13.8. The van der Waals surface area contributed by atoms with Gasteiger partial charge in [0.2, 0.25) is 0 Å². The monoisotopic (exact) mass is 265 g/mol. The number of aromatic nitrogens is 1. The SMILES string of the molecule is Cc1ccc(OCCCC2CCCO2)c(C(=O)O)n1. The zero-order chi connectivity index (χ0) is 13.7. The molecule has 0 bridgehead atoms. The molecule has 0 aromatic carbocycles. The Kier molecular flexibility index (Phi) is 4.74. The summed E-state index contributed by atoms with van der Waals surface area (Å²) in [5.41, 5.74) is 0.654. The average Bonchev–Trinajstić information content (AvgIpc) is 2.89. The number of carboxylic acid groups (broad SMARTS) is 1. The minimum atomic E-state index is -1.06. The van der Waals surface area contributed by atoms with E-state index < -0.39 is 5.97 Å². The van der Waals surface area contributed by atoms with E-state index in [-0.39, 0.29) is 5.69 Å². The highest BCUT2D eigenvalue weighted by molar-refractivity contribution is 5.88. The van der Waals surface area contributed by atoms with Gasteiger partial charge in [0, 0.05) is 12.3 Å². The third-order valence-corrected chi connectivity index (χ3v) is 3.15. The van der Waals surface area contributed by atoms with E-state index in [2.05, 4.69) is 4.98 Å². The van der Waals surface area contributed by atoms with Gasteiger partial charge < -0.3 is 14.6 Å². The van der Waals surface area contributed by atoms with Gasteiger partial charge in [-0.1, -0.05) is 0 Å². The summed E-state index contributed by atoms with van der Waals surface area (Å²) < 4.78 is 11.0. The molecule has 19 heavy (non-hydrogen) atoms. The second kappa shape index (κ2) is 6.52. The van der Waals surface area contributed by atoms with E-state index in [1.807, 2.05) is 0 Å². The maximum Gasteiger partial charge on any atom is 0.358 e. The third-order valence-electron chi connectivity index (χ3n) is 3.15. The minimum Gasteiger partial charge on any atom is -0.491 e. The Morgan fingerprint density at radius 1 is 1.58 bits per heavy atom. The van der Waals surface area contributed by atoms with Crippen LogP contribution in [0.3, 0.4) is 0 Å². The Bertz CT molecular complexity index is 441. The van der Waals surface area contributed by atoms with Crippen LogP contribution in [0.25, 0.3) is 0 Å². The van der Waals surface area contributed by atoms with Crippen molar-refractivity contribution < 1.29 is 19.4 Å². The molecule has 1 saturated heterocycles. The predicted molar refractivity (Wildman–Crippen MR) is 69.6 cm³/mol. The molecule has 1 aromatic rings. The molecule has 5 nitrogen and oxygen atoms in total. The number of hydrogen-bond acceptors (Lipinski definition) is 4. The van der Waals surface area contributed by atoms with Crippen molar-refractivity contribution in [2.75, 3.05) is 13.2 Å². The number of aromatic carboxylic acids is 1. The highest BCUT2D eigenvalue weighted by Gasteiger charge is 2.16. The van der Waals surface area contributed by atoms with E-state index in [1.54, 1.807) is 19.1 Å². The molecule has 104 valence electrons. The van der Waals surface area contributed by atoms with Crippen LogP contribution in [-0.2, 0) is 4.74 Å². The number of hydrogen-bond donors (Lipinski definition) is 1. The Labute approximate surface area is 112 Å². The van der Waals surface area contributed by atoms with Gasteiger partial charge in [0.05, 0.1) is 12.7 Å². The Morgan fingerprint density at radius 2 is 2.42 bits per heavy atom. The largest absolute Gasteiger partial charge is 0.491 e. The van der Waals surface area contributed by atoms with E-state index in [0.29, 0.717) is 24.2 Å². The van der Waals surface area contributed by atoms with E-state index in [0.717, 1.165) is 32.3 Å². The molecule has 2 rings (SSSR count). The first-order chi connectivity index (χ1) is 9.16. The summed E-state index contributed by atoms with van der Waals surface area (Å²) in [6.45, 7) is 3.11. The lowest BCUT2D eigenvalue weighted by Crippen LogP contribution is -2.10. The maximum atomic E-state index is 11.1. The summed E-state index contributed by atoms with van der Waals surface area (Å²) in [6, 6.07) is 3.42. The van der Waals surface area contributed by atoms with Gasteiger partial charge in [-0.15, -0.1) is 0 Å². The molecule has 0 aliphatic carbocycles. The summed E-state index contributed by atoms with van der Waals surface area (Å²) in [7, 11) is 0. The van der Waals surface area contributed by atoms with Crippen LogP contribution in [0.5, 0.6) is 5.75 Å². The highest BCUT2D eigenvalue weighted by atomic mass is 16.5. The van der Waals surface area contributed by atoms with Crippen LogP contribution in [0, 0.1) is 6.92 Å². The summed E-state index contributed by atoms with van der Waals surface area (Å²) in [5, 5.41) is 9.06. The molecule has 1 unspecified atom stereocenters. The van der Waals surface area contributed by atoms with Gasteiger partial charge in [-0.3, -0.25) is 0 Å². The molecule has 2 heterocycles. The predicted octanol–water partition coefficient (Wildman–Crippen LogP) is 2.43. The summed E-state index contributed by atoms with van der Waals surface area (Å²) in [5.74, 6) is -0.719. The average molecular weight is 265 g/mol. The molecule has 1 aromatic heterocycles. The molecular weight excluding hydrogens is 246 g/mol. The van der Waals surface area contributed by atoms with Gasteiger partial charge in [0.1, 0.15) is 0 Å². The number of carbonyl (C=O) groups is 1. The Morgan fingerprint density at radius 3 is 3.11 bits per heavy atom. The zero-order valence-electron chi connectivity index (χ0n) is 11.1. The van der Waals surface area contributed by atoms with E-state index in [4.69, 9.17) is 14.6 Å². The maximum absolute atomic E-state index is 11.1. The minimum absolute atomic E-state index is 0.0166. The van der Waals surface area contributed by atoms with Crippen LogP contribution in [0.2, 0.25) is 0 Å². The summed E-state index contributed by atoms with van der Waals surface area (Å²) in [6.07, 6.45) is 4.42. The molecule has 1 N–H and O–H groups in total. The van der Waals surface area contributed by atoms with Crippen molar-refractivity contribution >= 4 is 5.97 Å². The quantitative estimate of drug-likeness (QED) is 0.800. The molecule has 0 amide bonds. The Balaban J connectivity index is 1.83. The van der Waals surface area contributed by atoms with Crippen LogP contribution in [0.1, 0.15) is 41.9 Å². The van der Waals surface area contributed by atoms with Crippen molar-refractivity contribution in [1.82, 2.24) is 4.98 Å². The first-order valence-electron chi connectivity index (χ1n) is 6.62. The van der Waals surface area contributed by atoms with Crippen LogP contribution in [0.4, 0.5) is 0 Å². The second-order valence-corrected chi connectivity index (χ2v) is 4.73. The third kappa shape index (κ3) is 3.92. The van der Waals surface area contributed by atoms with E-state index >= 15 is 0 Å². The molecule has 1 fully saturated rings. The fraction of sp³-hybridized carbons (Fsp3) is 0.571. The van der Waals surface area contributed by atoms with Crippen LogP contribution in [-0.4, -0.2) is 35.4 Å². The van der Waals surface area contributed by atoms with Gasteiger partial charge in [-0.2, -0.15) is 0 Å². The molecule has 1 atom stereocenters. The molecule has 0 spiro atoms. The highest BCUT2D eigenvalue weighted by Crippen LogP contribution is 2.19. The second-order valence-electron chi connectivity index (χ2n) is 4.73. The summed E-state index contributed by atoms with van der Waals surface area (Å²) in [4.78, 5) is 15.0. The number of nitrogens with zero attached hydrogens (tertiary/aromatic N) is 1. The number of ether oxygens (including phenoxy) is 2. The van der Waals surface area contributed by atoms with Crippen molar-refractivity contribution in [2.24, 2.45) is 0 Å². The fourth-order valence-electron chi connectivity index (χ4n) is 2.18. The van der Waals surface area contributed by atoms with Gasteiger partial charge in [0.25, 0.3) is 0 Å². The van der Waals surface area contributed by atoms with Crippen LogP contribution >= 0.6 is 0 Å². The van der Waals surface area contributed by atoms with Crippen LogP contribution in [0.15, 0.2) is 12.1 Å². The summed E-state index contributed by atoms with van der Waals surface area (Å²) >= 11 is 0. The van der Waals surface area contributed by atoms with Gasteiger partial charge in [-0.25, -0.2) is 9.78 Å². The topological polar surface area (TPSA) is 68.7 Å². The molecule has 1 aliphatic rings. The van der Waals surface area contributed by atoms with Crippen molar-refractivity contribution in [3.63, 3.8) is 0 Å². The molecule has 0 radical (unpaired) electrons.